The molecule has 0 aliphatic heterocycles. The first-order valence-electron chi connectivity index (χ1n) is 13.2. The van der Waals surface area contributed by atoms with E-state index in [1.54, 1.807) is 36.4 Å². The van der Waals surface area contributed by atoms with Gasteiger partial charge in [-0.15, -0.1) is 0 Å². The largest absolute Gasteiger partial charge is 0.491 e. The summed E-state index contributed by atoms with van der Waals surface area (Å²) in [5.41, 5.74) is 28.0. The Morgan fingerprint density at radius 1 is 0.488 bits per heavy atom. The fraction of sp³-hybridized carbons (Fsp3) is 0.357. The van der Waals surface area contributed by atoms with Crippen molar-refractivity contribution in [3.8, 4) is 17.2 Å². The Morgan fingerprint density at radius 3 is 0.977 bits per heavy atom. The van der Waals surface area contributed by atoms with Crippen LogP contribution in [0.5, 0.6) is 17.2 Å². The van der Waals surface area contributed by atoms with Crippen molar-refractivity contribution in [2.75, 3.05) is 39.5 Å². The van der Waals surface area contributed by atoms with Crippen LogP contribution in [0.25, 0.3) is 31.3 Å². The molecule has 3 rings (SSSR count). The normalized spacial score (nSPS) is 13.2. The van der Waals surface area contributed by atoms with Crippen LogP contribution in [-0.2, 0) is 0 Å². The number of hydrogen-bond acceptors (Lipinski definition) is 9. The summed E-state index contributed by atoms with van der Waals surface area (Å²) in [6.45, 7) is -0.347. The quantitative estimate of drug-likeness (QED) is 0.0796. The van der Waals surface area contributed by atoms with Gasteiger partial charge in [-0.2, -0.15) is 0 Å². The van der Waals surface area contributed by atoms with Crippen LogP contribution in [0.15, 0.2) is 88.1 Å². The van der Waals surface area contributed by atoms with Crippen molar-refractivity contribution in [1.29, 1.82) is 0 Å². The van der Waals surface area contributed by atoms with Crippen molar-refractivity contribution in [2.24, 2.45) is 15.3 Å². The molecular formula is C28H31N9O6. The molecule has 0 saturated heterocycles. The first kappa shape index (κ1) is 32.4. The molecule has 0 saturated carbocycles. The van der Waals surface area contributed by atoms with Crippen LogP contribution in [0.1, 0.15) is 22.6 Å². The van der Waals surface area contributed by atoms with E-state index in [0.717, 1.165) is 16.7 Å². The average molecular weight is 590 g/mol. The second-order valence-electron chi connectivity index (χ2n) is 9.27. The third kappa shape index (κ3) is 11.0. The second kappa shape index (κ2) is 17.6. The lowest BCUT2D eigenvalue weighted by Crippen LogP contribution is -2.20. The van der Waals surface area contributed by atoms with Crippen molar-refractivity contribution >= 4 is 0 Å². The molecule has 15 nitrogen and oxygen atoms in total. The van der Waals surface area contributed by atoms with Gasteiger partial charge in [0.15, 0.2) is 0 Å². The summed E-state index contributed by atoms with van der Waals surface area (Å²) in [7, 11) is 0. The molecule has 43 heavy (non-hydrogen) atoms. The van der Waals surface area contributed by atoms with Crippen LogP contribution in [0.4, 0.5) is 0 Å². The molecule has 3 aromatic carbocycles. The van der Waals surface area contributed by atoms with Gasteiger partial charge in [-0.1, -0.05) is 51.7 Å². The number of nitrogens with zero attached hydrogens (tertiary/aromatic N) is 9. The molecule has 0 bridgehead atoms. The Morgan fingerprint density at radius 2 is 0.744 bits per heavy atom. The first-order valence-corrected chi connectivity index (χ1v) is 13.2. The van der Waals surface area contributed by atoms with Gasteiger partial charge >= 0.3 is 0 Å². The number of ether oxygens (including phenoxy) is 3. The van der Waals surface area contributed by atoms with Gasteiger partial charge < -0.3 is 29.5 Å². The minimum Gasteiger partial charge on any atom is -0.491 e. The molecule has 0 aliphatic carbocycles. The molecule has 224 valence electrons. The van der Waals surface area contributed by atoms with Crippen LogP contribution in [-0.4, -0.2) is 73.1 Å². The molecule has 0 fully saturated rings. The summed E-state index contributed by atoms with van der Waals surface area (Å²) in [4.78, 5) is 7.88. The van der Waals surface area contributed by atoms with Crippen LogP contribution < -0.4 is 14.2 Å². The van der Waals surface area contributed by atoms with Gasteiger partial charge in [0.2, 0.25) is 0 Å². The number of rotatable bonds is 18. The van der Waals surface area contributed by atoms with Gasteiger partial charge in [0.25, 0.3) is 0 Å². The van der Waals surface area contributed by atoms with Crippen LogP contribution in [0.3, 0.4) is 0 Å². The maximum atomic E-state index is 9.86. The SMILES string of the molecule is [N-]=[N+]=NCC(O)COc1ccc(C(c2ccc(OCC(O)CN=[N+]=[N-])cc2)c2ccc(OCC(O)CN=[N+]=[N-])cc2)cc1. The maximum Gasteiger partial charge on any atom is 0.119 e. The molecule has 0 radical (unpaired) electrons. The Labute approximate surface area is 246 Å². The van der Waals surface area contributed by atoms with Gasteiger partial charge in [-0.25, -0.2) is 0 Å². The lowest BCUT2D eigenvalue weighted by atomic mass is 9.85. The highest BCUT2D eigenvalue weighted by Gasteiger charge is 2.18. The monoisotopic (exact) mass is 589 g/mol. The number of benzene rings is 3. The Hall–Kier alpha value is -5.13. The van der Waals surface area contributed by atoms with E-state index in [-0.39, 0.29) is 45.4 Å². The van der Waals surface area contributed by atoms with Crippen LogP contribution in [0, 0.1) is 0 Å². The number of hydrogen-bond donors (Lipinski definition) is 3. The Kier molecular flexibility index (Phi) is 13.3. The smallest absolute Gasteiger partial charge is 0.119 e. The number of azide groups is 3. The van der Waals surface area contributed by atoms with E-state index < -0.39 is 18.3 Å². The van der Waals surface area contributed by atoms with Crippen molar-refractivity contribution in [3.05, 3.63) is 121 Å². The third-order valence-corrected chi connectivity index (χ3v) is 6.03. The molecule has 0 heterocycles. The summed E-state index contributed by atoms with van der Waals surface area (Å²) in [5, 5.41) is 39.6. The van der Waals surface area contributed by atoms with Gasteiger partial charge in [-0.3, -0.25) is 0 Å². The van der Waals surface area contributed by atoms with E-state index in [9.17, 15) is 15.3 Å². The standard InChI is InChI=1S/C28H31N9O6/c29-35-32-13-22(38)16-41-25-7-1-19(2-8-25)28(20-3-9-26(10-4-20)42-17-23(39)14-33-36-30)21-5-11-27(12-6-21)43-18-24(40)15-34-37-31/h1-12,22-24,28,38-40H,13-18H2. The van der Waals surface area contributed by atoms with E-state index in [2.05, 4.69) is 30.1 Å². The maximum absolute atomic E-state index is 9.86. The van der Waals surface area contributed by atoms with Crippen LogP contribution >= 0.6 is 0 Å². The lowest BCUT2D eigenvalue weighted by Gasteiger charge is -2.21. The van der Waals surface area contributed by atoms with Gasteiger partial charge in [0, 0.05) is 20.7 Å². The van der Waals surface area contributed by atoms with Gasteiger partial charge in [0.05, 0.1) is 37.9 Å². The molecule has 0 aliphatic rings. The predicted molar refractivity (Wildman–Crippen MR) is 157 cm³/mol. The summed E-state index contributed by atoms with van der Waals surface area (Å²) in [5.74, 6) is 1.40. The molecule has 0 aromatic heterocycles. The Balaban J connectivity index is 1.79. The molecule has 0 spiro atoms. The summed E-state index contributed by atoms with van der Waals surface area (Å²) < 4.78 is 16.9. The van der Waals surface area contributed by atoms with Crippen molar-refractivity contribution in [2.45, 2.75) is 24.2 Å². The van der Waals surface area contributed by atoms with E-state index in [1.165, 1.54) is 0 Å². The first-order chi connectivity index (χ1) is 20.9. The highest BCUT2D eigenvalue weighted by atomic mass is 16.5. The molecule has 0 amide bonds. The topological polar surface area (TPSA) is 235 Å². The number of aliphatic hydroxyl groups is 3. The molecular weight excluding hydrogens is 558 g/mol. The van der Waals surface area contributed by atoms with E-state index in [1.807, 2.05) is 36.4 Å². The van der Waals surface area contributed by atoms with Crippen molar-refractivity contribution in [3.63, 3.8) is 0 Å². The molecule has 3 N–H and O–H groups in total. The summed E-state index contributed by atoms with van der Waals surface area (Å²) in [6, 6.07) is 22.2. The Bertz CT molecular complexity index is 1250. The van der Waals surface area contributed by atoms with Gasteiger partial charge in [-0.05, 0) is 69.7 Å². The highest BCUT2D eigenvalue weighted by molar-refractivity contribution is 5.46. The molecule has 3 aromatic rings. The fourth-order valence-corrected chi connectivity index (χ4v) is 3.97. The minimum absolute atomic E-state index is 0.0279. The second-order valence-corrected chi connectivity index (χ2v) is 9.27. The van der Waals surface area contributed by atoms with Gasteiger partial charge in [0.1, 0.15) is 37.1 Å². The average Bonchev–Trinajstić information content (AvgIpc) is 3.04. The van der Waals surface area contributed by atoms with Crippen LogP contribution in [0.2, 0.25) is 0 Å². The van der Waals surface area contributed by atoms with E-state index in [4.69, 9.17) is 30.8 Å². The minimum atomic E-state index is -0.926. The zero-order valence-corrected chi connectivity index (χ0v) is 23.1. The summed E-state index contributed by atoms with van der Waals surface area (Å²) in [6.07, 6.45) is -2.78. The van der Waals surface area contributed by atoms with Crippen molar-refractivity contribution in [1.82, 2.24) is 0 Å². The number of aliphatic hydroxyl groups excluding tert-OH is 3. The zero-order valence-electron chi connectivity index (χ0n) is 23.1. The third-order valence-electron chi connectivity index (χ3n) is 6.03. The fourth-order valence-electron chi connectivity index (χ4n) is 3.97. The highest BCUT2D eigenvalue weighted by Crippen LogP contribution is 2.34. The predicted octanol–water partition coefficient (Wildman–Crippen LogP) is 5.02. The van der Waals surface area contributed by atoms with E-state index >= 15 is 0 Å². The van der Waals surface area contributed by atoms with E-state index in [0.29, 0.717) is 17.2 Å². The molecule has 15 heteroatoms. The van der Waals surface area contributed by atoms with Crippen molar-refractivity contribution < 1.29 is 29.5 Å². The zero-order chi connectivity index (χ0) is 30.9. The lowest BCUT2D eigenvalue weighted by molar-refractivity contribution is 0.114. The summed E-state index contributed by atoms with van der Waals surface area (Å²) >= 11 is 0. The molecule has 3 atom stereocenters. The molecule has 3 unspecified atom stereocenters.